The van der Waals surface area contributed by atoms with Crippen LogP contribution in [0.4, 0.5) is 13.2 Å². The molecule has 0 radical (unpaired) electrons. The van der Waals surface area contributed by atoms with E-state index in [4.69, 9.17) is 4.52 Å². The summed E-state index contributed by atoms with van der Waals surface area (Å²) < 4.78 is 45.5. The molecule has 7 heteroatoms. The summed E-state index contributed by atoms with van der Waals surface area (Å²) >= 11 is 0. The maximum atomic E-state index is 12.8. The van der Waals surface area contributed by atoms with Crippen molar-refractivity contribution in [2.75, 3.05) is 0 Å². The molecule has 0 unspecified atom stereocenters. The maximum absolute atomic E-state index is 12.8. The van der Waals surface area contributed by atoms with Crippen molar-refractivity contribution in [1.29, 1.82) is 0 Å². The Morgan fingerprint density at radius 1 is 0.958 bits per heavy atom. The van der Waals surface area contributed by atoms with Gasteiger partial charge in [-0.2, -0.15) is 13.2 Å². The first-order chi connectivity index (χ1) is 11.5. The highest BCUT2D eigenvalue weighted by molar-refractivity contribution is 5.66. The molecule has 0 bridgehead atoms. The number of aromatic nitrogens is 3. The zero-order valence-electron chi connectivity index (χ0n) is 12.2. The molecule has 24 heavy (non-hydrogen) atoms. The first kappa shape index (κ1) is 14.5. The highest BCUT2D eigenvalue weighted by atomic mass is 19.4. The van der Waals surface area contributed by atoms with Crippen molar-refractivity contribution in [2.24, 2.45) is 0 Å². The minimum absolute atomic E-state index is 0.327. The van der Waals surface area contributed by atoms with Crippen LogP contribution >= 0.6 is 0 Å². The largest absolute Gasteiger partial charge is 0.416 e. The molecule has 0 saturated heterocycles. The number of fused-ring (bicyclic) bond motifs is 1. The van der Waals surface area contributed by atoms with E-state index in [1.54, 1.807) is 18.3 Å². The monoisotopic (exact) mass is 329 g/mol. The lowest BCUT2D eigenvalue weighted by Crippen LogP contribution is -2.04. The number of pyridine rings is 1. The summed E-state index contributed by atoms with van der Waals surface area (Å²) in [6.07, 6.45) is -0.786. The standard InChI is InChI=1S/C17H10F3N3O/c18-17(19,20)12-5-3-4-11(8-12)13-9-15(24-22-13)14-10-23-7-2-1-6-16(23)21-14/h1-10H. The van der Waals surface area contributed by atoms with Crippen LogP contribution in [0.3, 0.4) is 0 Å². The normalized spacial score (nSPS) is 12.0. The molecule has 0 atom stereocenters. The van der Waals surface area contributed by atoms with Crippen molar-refractivity contribution >= 4 is 5.65 Å². The number of hydrogen-bond acceptors (Lipinski definition) is 3. The van der Waals surface area contributed by atoms with Gasteiger partial charge in [0.05, 0.1) is 5.56 Å². The van der Waals surface area contributed by atoms with Crippen LogP contribution in [0.1, 0.15) is 5.56 Å². The summed E-state index contributed by atoms with van der Waals surface area (Å²) in [5.41, 5.74) is 1.24. The molecule has 0 amide bonds. The van der Waals surface area contributed by atoms with Crippen molar-refractivity contribution in [1.82, 2.24) is 14.5 Å². The van der Waals surface area contributed by atoms with Crippen LogP contribution in [0.5, 0.6) is 0 Å². The Bertz CT molecular complexity index is 984. The van der Waals surface area contributed by atoms with E-state index in [1.807, 2.05) is 28.8 Å². The summed E-state index contributed by atoms with van der Waals surface area (Å²) in [6.45, 7) is 0. The Kier molecular flexibility index (Phi) is 3.16. The Balaban J connectivity index is 1.72. The quantitative estimate of drug-likeness (QED) is 0.536. The third-order valence-corrected chi connectivity index (χ3v) is 3.61. The Labute approximate surface area is 134 Å². The lowest BCUT2D eigenvalue weighted by Gasteiger charge is -2.06. The molecule has 3 heterocycles. The minimum Gasteiger partial charge on any atom is -0.354 e. The molecular weight excluding hydrogens is 319 g/mol. The fourth-order valence-corrected chi connectivity index (χ4v) is 2.44. The summed E-state index contributed by atoms with van der Waals surface area (Å²) in [5, 5.41) is 3.86. The lowest BCUT2D eigenvalue weighted by molar-refractivity contribution is -0.137. The number of benzene rings is 1. The molecular formula is C17H10F3N3O. The second kappa shape index (κ2) is 5.23. The molecule has 4 aromatic rings. The topological polar surface area (TPSA) is 43.3 Å². The molecule has 0 aliphatic rings. The van der Waals surface area contributed by atoms with Gasteiger partial charge in [-0.15, -0.1) is 0 Å². The number of halogens is 3. The van der Waals surface area contributed by atoms with Gasteiger partial charge in [-0.05, 0) is 24.3 Å². The van der Waals surface area contributed by atoms with Crippen LogP contribution in [-0.2, 0) is 6.18 Å². The number of rotatable bonds is 2. The molecule has 4 nitrogen and oxygen atoms in total. The van der Waals surface area contributed by atoms with Gasteiger partial charge < -0.3 is 8.92 Å². The van der Waals surface area contributed by atoms with Gasteiger partial charge in [0.1, 0.15) is 17.0 Å². The summed E-state index contributed by atoms with van der Waals surface area (Å²) in [6, 6.07) is 12.1. The van der Waals surface area contributed by atoms with Gasteiger partial charge in [0, 0.05) is 24.0 Å². The number of nitrogens with zero attached hydrogens (tertiary/aromatic N) is 3. The van der Waals surface area contributed by atoms with Crippen molar-refractivity contribution < 1.29 is 17.7 Å². The van der Waals surface area contributed by atoms with E-state index in [0.717, 1.165) is 17.8 Å². The molecule has 1 aromatic carbocycles. The number of imidazole rings is 1. The Morgan fingerprint density at radius 3 is 2.62 bits per heavy atom. The average Bonchev–Trinajstić information content (AvgIpc) is 3.21. The predicted molar refractivity (Wildman–Crippen MR) is 81.1 cm³/mol. The predicted octanol–water partition coefficient (Wildman–Crippen LogP) is 4.68. The highest BCUT2D eigenvalue weighted by Gasteiger charge is 2.30. The third-order valence-electron chi connectivity index (χ3n) is 3.61. The average molecular weight is 329 g/mol. The van der Waals surface area contributed by atoms with E-state index in [1.165, 1.54) is 6.07 Å². The van der Waals surface area contributed by atoms with E-state index in [0.29, 0.717) is 22.7 Å². The second-order valence-electron chi connectivity index (χ2n) is 5.25. The molecule has 3 aromatic heterocycles. The first-order valence-electron chi connectivity index (χ1n) is 7.09. The first-order valence-corrected chi connectivity index (χ1v) is 7.09. The summed E-state index contributed by atoms with van der Waals surface area (Å²) in [5.74, 6) is 0.395. The van der Waals surface area contributed by atoms with E-state index in [-0.39, 0.29) is 0 Å². The second-order valence-corrected chi connectivity index (χ2v) is 5.25. The molecule has 0 saturated carbocycles. The molecule has 0 aliphatic heterocycles. The number of alkyl halides is 3. The van der Waals surface area contributed by atoms with Gasteiger partial charge >= 0.3 is 6.18 Å². The maximum Gasteiger partial charge on any atom is 0.416 e. The van der Waals surface area contributed by atoms with Crippen LogP contribution < -0.4 is 0 Å². The fraction of sp³-hybridized carbons (Fsp3) is 0.0588. The van der Waals surface area contributed by atoms with Gasteiger partial charge in [-0.3, -0.25) is 0 Å². The van der Waals surface area contributed by atoms with Crippen LogP contribution in [-0.4, -0.2) is 14.5 Å². The summed E-state index contributed by atoms with van der Waals surface area (Å²) in [4.78, 5) is 4.40. The smallest absolute Gasteiger partial charge is 0.354 e. The lowest BCUT2D eigenvalue weighted by atomic mass is 10.1. The molecule has 0 spiro atoms. The van der Waals surface area contributed by atoms with Crippen molar-refractivity contribution in [3.63, 3.8) is 0 Å². The van der Waals surface area contributed by atoms with Gasteiger partial charge in [-0.1, -0.05) is 23.4 Å². The number of hydrogen-bond donors (Lipinski definition) is 0. The zero-order valence-corrected chi connectivity index (χ0v) is 12.2. The van der Waals surface area contributed by atoms with Crippen LogP contribution in [0, 0.1) is 0 Å². The molecule has 4 rings (SSSR count). The van der Waals surface area contributed by atoms with E-state index in [9.17, 15) is 13.2 Å². The van der Waals surface area contributed by atoms with Crippen LogP contribution in [0.15, 0.2) is 65.4 Å². The molecule has 0 N–H and O–H groups in total. The molecule has 0 fully saturated rings. The van der Waals surface area contributed by atoms with Gasteiger partial charge in [0.2, 0.25) is 0 Å². The summed E-state index contributed by atoms with van der Waals surface area (Å²) in [7, 11) is 0. The van der Waals surface area contributed by atoms with E-state index in [2.05, 4.69) is 10.1 Å². The van der Waals surface area contributed by atoms with Crippen molar-refractivity contribution in [3.05, 3.63) is 66.5 Å². The molecule has 120 valence electrons. The highest BCUT2D eigenvalue weighted by Crippen LogP contribution is 2.33. The Hall–Kier alpha value is -3.09. The Morgan fingerprint density at radius 2 is 1.83 bits per heavy atom. The van der Waals surface area contributed by atoms with Gasteiger partial charge in [0.15, 0.2) is 5.76 Å². The van der Waals surface area contributed by atoms with Gasteiger partial charge in [-0.25, -0.2) is 4.98 Å². The fourth-order valence-electron chi connectivity index (χ4n) is 2.44. The van der Waals surface area contributed by atoms with E-state index >= 15 is 0 Å². The molecule has 0 aliphatic carbocycles. The van der Waals surface area contributed by atoms with Gasteiger partial charge in [0.25, 0.3) is 0 Å². The zero-order chi connectivity index (χ0) is 16.7. The van der Waals surface area contributed by atoms with E-state index < -0.39 is 11.7 Å². The van der Waals surface area contributed by atoms with Crippen molar-refractivity contribution in [2.45, 2.75) is 6.18 Å². The van der Waals surface area contributed by atoms with Crippen LogP contribution in [0.2, 0.25) is 0 Å². The van der Waals surface area contributed by atoms with Crippen LogP contribution in [0.25, 0.3) is 28.4 Å². The minimum atomic E-state index is -4.40. The third kappa shape index (κ3) is 2.54. The van der Waals surface area contributed by atoms with Crippen molar-refractivity contribution in [3.8, 4) is 22.7 Å². The SMILES string of the molecule is FC(F)(F)c1cccc(-c2cc(-c3cn4ccccc4n3)on2)c1.